The lowest BCUT2D eigenvalue weighted by Crippen LogP contribution is -1.97. The first-order valence-electron chi connectivity index (χ1n) is 5.85. The van der Waals surface area contributed by atoms with E-state index >= 15 is 0 Å². The molecule has 1 nitrogen and oxygen atoms in total. The molecule has 18 heavy (non-hydrogen) atoms. The highest BCUT2D eigenvalue weighted by Gasteiger charge is 2.03. The van der Waals surface area contributed by atoms with Gasteiger partial charge >= 0.3 is 0 Å². The van der Waals surface area contributed by atoms with E-state index in [9.17, 15) is 4.39 Å². The SMILES string of the molecule is Fc1ccccc1-c1ccc(OCCCCl)cc1. The molecule has 2 aromatic carbocycles. The van der Waals surface area contributed by atoms with Gasteiger partial charge in [0, 0.05) is 11.4 Å². The molecule has 0 heterocycles. The maximum Gasteiger partial charge on any atom is 0.131 e. The van der Waals surface area contributed by atoms with E-state index in [0.717, 1.165) is 17.7 Å². The smallest absolute Gasteiger partial charge is 0.131 e. The second kappa shape index (κ2) is 6.41. The first-order valence-corrected chi connectivity index (χ1v) is 6.38. The van der Waals surface area contributed by atoms with Gasteiger partial charge in [-0.3, -0.25) is 0 Å². The number of benzene rings is 2. The third-order valence-corrected chi connectivity index (χ3v) is 2.85. The first kappa shape index (κ1) is 12.9. The average molecular weight is 265 g/mol. The third-order valence-electron chi connectivity index (χ3n) is 2.59. The van der Waals surface area contributed by atoms with Crippen molar-refractivity contribution in [2.75, 3.05) is 12.5 Å². The number of halogens is 2. The normalized spacial score (nSPS) is 10.3. The number of rotatable bonds is 5. The molecular formula is C15H14ClFO. The van der Waals surface area contributed by atoms with Gasteiger partial charge in [-0.25, -0.2) is 4.39 Å². The van der Waals surface area contributed by atoms with Crippen LogP contribution in [0.1, 0.15) is 6.42 Å². The minimum absolute atomic E-state index is 0.215. The monoisotopic (exact) mass is 264 g/mol. The Labute approximate surface area is 111 Å². The zero-order valence-electron chi connectivity index (χ0n) is 9.90. The molecule has 0 saturated heterocycles. The van der Waals surface area contributed by atoms with Crippen molar-refractivity contribution >= 4 is 11.6 Å². The van der Waals surface area contributed by atoms with Crippen LogP contribution in [0.2, 0.25) is 0 Å². The number of hydrogen-bond donors (Lipinski definition) is 0. The lowest BCUT2D eigenvalue weighted by molar-refractivity contribution is 0.318. The second-order valence-corrected chi connectivity index (χ2v) is 4.27. The topological polar surface area (TPSA) is 9.23 Å². The van der Waals surface area contributed by atoms with E-state index in [1.54, 1.807) is 12.1 Å². The maximum absolute atomic E-state index is 13.6. The fourth-order valence-corrected chi connectivity index (χ4v) is 1.78. The van der Waals surface area contributed by atoms with E-state index < -0.39 is 0 Å². The molecule has 2 aromatic rings. The minimum Gasteiger partial charge on any atom is -0.494 e. The maximum atomic E-state index is 13.6. The molecule has 0 saturated carbocycles. The predicted molar refractivity (Wildman–Crippen MR) is 72.7 cm³/mol. The highest BCUT2D eigenvalue weighted by atomic mass is 35.5. The Morgan fingerprint density at radius 1 is 1.00 bits per heavy atom. The predicted octanol–water partition coefficient (Wildman–Crippen LogP) is 4.50. The Bertz CT molecular complexity index is 496. The highest BCUT2D eigenvalue weighted by molar-refractivity contribution is 6.17. The van der Waals surface area contributed by atoms with Crippen LogP contribution in [0.3, 0.4) is 0 Å². The lowest BCUT2D eigenvalue weighted by Gasteiger charge is -2.07. The molecule has 0 aliphatic carbocycles. The largest absolute Gasteiger partial charge is 0.494 e. The van der Waals surface area contributed by atoms with Crippen molar-refractivity contribution in [3.63, 3.8) is 0 Å². The number of hydrogen-bond acceptors (Lipinski definition) is 1. The van der Waals surface area contributed by atoms with Gasteiger partial charge in [0.2, 0.25) is 0 Å². The van der Waals surface area contributed by atoms with Crippen LogP contribution in [0.15, 0.2) is 48.5 Å². The number of alkyl halides is 1. The van der Waals surface area contributed by atoms with Crippen LogP contribution in [0.25, 0.3) is 11.1 Å². The minimum atomic E-state index is -0.215. The van der Waals surface area contributed by atoms with Crippen molar-refractivity contribution in [3.8, 4) is 16.9 Å². The summed E-state index contributed by atoms with van der Waals surface area (Å²) in [6, 6.07) is 14.1. The molecule has 2 rings (SSSR count). The molecule has 0 spiro atoms. The summed E-state index contributed by atoms with van der Waals surface area (Å²) in [6.07, 6.45) is 0.816. The van der Waals surface area contributed by atoms with Crippen molar-refractivity contribution in [2.24, 2.45) is 0 Å². The summed E-state index contributed by atoms with van der Waals surface area (Å²) >= 11 is 5.57. The van der Waals surface area contributed by atoms with Gasteiger partial charge in [0.05, 0.1) is 6.61 Å². The van der Waals surface area contributed by atoms with Crippen LogP contribution in [-0.4, -0.2) is 12.5 Å². The van der Waals surface area contributed by atoms with Gasteiger partial charge in [-0.15, -0.1) is 11.6 Å². The van der Waals surface area contributed by atoms with Crippen molar-refractivity contribution < 1.29 is 9.13 Å². The van der Waals surface area contributed by atoms with E-state index in [1.807, 2.05) is 30.3 Å². The molecule has 0 bridgehead atoms. The molecule has 94 valence electrons. The molecule has 0 atom stereocenters. The molecule has 0 amide bonds. The zero-order valence-corrected chi connectivity index (χ0v) is 10.7. The van der Waals surface area contributed by atoms with Gasteiger partial charge in [0.25, 0.3) is 0 Å². The van der Waals surface area contributed by atoms with Crippen LogP contribution in [0.4, 0.5) is 4.39 Å². The van der Waals surface area contributed by atoms with Crippen LogP contribution in [0, 0.1) is 5.82 Å². The summed E-state index contributed by atoms with van der Waals surface area (Å²) in [5.41, 5.74) is 1.45. The van der Waals surface area contributed by atoms with Crippen molar-refractivity contribution in [1.29, 1.82) is 0 Å². The Kier molecular flexibility index (Phi) is 4.59. The van der Waals surface area contributed by atoms with E-state index in [2.05, 4.69) is 0 Å². The molecule has 0 aliphatic heterocycles. The van der Waals surface area contributed by atoms with Gasteiger partial charge in [-0.05, 0) is 30.2 Å². The van der Waals surface area contributed by atoms with Gasteiger partial charge < -0.3 is 4.74 Å². The Hall–Kier alpha value is -1.54. The summed E-state index contributed by atoms with van der Waals surface area (Å²) in [7, 11) is 0. The van der Waals surface area contributed by atoms with Crippen molar-refractivity contribution in [3.05, 3.63) is 54.3 Å². The summed E-state index contributed by atoms with van der Waals surface area (Å²) in [6.45, 7) is 0.600. The van der Waals surface area contributed by atoms with Gasteiger partial charge in [0.15, 0.2) is 0 Å². The van der Waals surface area contributed by atoms with Crippen molar-refractivity contribution in [1.82, 2.24) is 0 Å². The fraction of sp³-hybridized carbons (Fsp3) is 0.200. The summed E-state index contributed by atoms with van der Waals surface area (Å²) in [5.74, 6) is 1.15. The molecule has 0 radical (unpaired) electrons. The molecule has 0 N–H and O–H groups in total. The number of ether oxygens (including phenoxy) is 1. The molecule has 0 aromatic heterocycles. The van der Waals surface area contributed by atoms with Gasteiger partial charge in [-0.1, -0.05) is 30.3 Å². The molecule has 0 aliphatic rings. The Balaban J connectivity index is 2.10. The van der Waals surface area contributed by atoms with E-state index in [4.69, 9.17) is 16.3 Å². The van der Waals surface area contributed by atoms with E-state index in [0.29, 0.717) is 18.1 Å². The van der Waals surface area contributed by atoms with E-state index in [-0.39, 0.29) is 5.82 Å². The zero-order chi connectivity index (χ0) is 12.8. The first-order chi connectivity index (χ1) is 8.81. The van der Waals surface area contributed by atoms with Crippen LogP contribution in [-0.2, 0) is 0 Å². The third kappa shape index (κ3) is 3.23. The second-order valence-electron chi connectivity index (χ2n) is 3.90. The summed E-state index contributed by atoms with van der Waals surface area (Å²) in [4.78, 5) is 0. The van der Waals surface area contributed by atoms with Gasteiger partial charge in [-0.2, -0.15) is 0 Å². The molecular weight excluding hydrogens is 251 g/mol. The van der Waals surface area contributed by atoms with Crippen LogP contribution >= 0.6 is 11.6 Å². The molecule has 0 unspecified atom stereocenters. The van der Waals surface area contributed by atoms with Crippen molar-refractivity contribution in [2.45, 2.75) is 6.42 Å². The lowest BCUT2D eigenvalue weighted by atomic mass is 10.1. The van der Waals surface area contributed by atoms with Gasteiger partial charge in [0.1, 0.15) is 11.6 Å². The molecule has 3 heteroatoms. The average Bonchev–Trinajstić information content (AvgIpc) is 2.41. The van der Waals surface area contributed by atoms with E-state index in [1.165, 1.54) is 6.07 Å². The van der Waals surface area contributed by atoms with Crippen LogP contribution < -0.4 is 4.74 Å². The Morgan fingerprint density at radius 3 is 2.39 bits per heavy atom. The summed E-state index contributed by atoms with van der Waals surface area (Å²) in [5, 5.41) is 0. The fourth-order valence-electron chi connectivity index (χ4n) is 1.67. The Morgan fingerprint density at radius 2 is 1.72 bits per heavy atom. The molecule has 0 fully saturated rings. The standard InChI is InChI=1S/C15H14ClFO/c16-10-3-11-18-13-8-6-12(7-9-13)14-4-1-2-5-15(14)17/h1-2,4-9H,3,10-11H2. The van der Waals surface area contributed by atoms with Crippen LogP contribution in [0.5, 0.6) is 5.75 Å². The summed E-state index contributed by atoms with van der Waals surface area (Å²) < 4.78 is 19.1. The highest BCUT2D eigenvalue weighted by Crippen LogP contribution is 2.24. The quantitative estimate of drug-likeness (QED) is 0.571.